The molecule has 14 heavy (non-hydrogen) atoms. The summed E-state index contributed by atoms with van der Waals surface area (Å²) < 4.78 is 5.44. The molecule has 0 aromatic rings. The number of ether oxygens (including phenoxy) is 1. The van der Waals surface area contributed by atoms with Crippen LogP contribution in [-0.4, -0.2) is 23.7 Å². The van der Waals surface area contributed by atoms with E-state index >= 15 is 0 Å². The quantitative estimate of drug-likeness (QED) is 0.365. The third-order valence-corrected chi connectivity index (χ3v) is 1.78. The normalized spacial score (nSPS) is 9.43. The molecule has 4 heteroatoms. The maximum absolute atomic E-state index is 6.62. The molecule has 0 heterocycles. The van der Waals surface area contributed by atoms with Gasteiger partial charge in [0, 0.05) is 13.2 Å². The molecule has 0 aliphatic carbocycles. The Morgan fingerprint density at radius 3 is 1.43 bits per heavy atom. The lowest BCUT2D eigenvalue weighted by atomic mass is 10.2. The van der Waals surface area contributed by atoms with Gasteiger partial charge in [0.2, 0.25) is 0 Å². The summed E-state index contributed by atoms with van der Waals surface area (Å²) >= 11 is 0. The molecule has 0 fully saturated rings. The first-order chi connectivity index (χ1) is 6.83. The number of hydrogen-bond acceptors (Lipinski definition) is 4. The minimum Gasteiger partial charge on any atom is -0.381 e. The Bertz CT molecular complexity index is 70.5. The zero-order valence-corrected chi connectivity index (χ0v) is 9.37. The summed E-state index contributed by atoms with van der Waals surface area (Å²) in [7, 11) is 0. The van der Waals surface area contributed by atoms with Crippen LogP contribution in [0.15, 0.2) is 0 Å². The standard InChI is InChI=1S/C10H22O.H2O3/c1-3-5-7-9-11-10-8-6-4-2;1-3-2/h3-10H2,1-2H3;1-2H. The van der Waals surface area contributed by atoms with Gasteiger partial charge in [-0.1, -0.05) is 44.6 Å². The lowest BCUT2D eigenvalue weighted by Gasteiger charge is -2.01. The molecular weight excluding hydrogens is 184 g/mol. The second-order valence-electron chi connectivity index (χ2n) is 3.11. The first kappa shape index (κ1) is 16.3. The van der Waals surface area contributed by atoms with Gasteiger partial charge in [-0.05, 0) is 12.8 Å². The lowest BCUT2D eigenvalue weighted by Crippen LogP contribution is -1.96. The first-order valence-corrected chi connectivity index (χ1v) is 5.36. The van der Waals surface area contributed by atoms with Crippen molar-refractivity contribution < 1.29 is 20.3 Å². The van der Waals surface area contributed by atoms with Crippen molar-refractivity contribution in [3.05, 3.63) is 0 Å². The molecule has 0 amide bonds. The molecule has 88 valence electrons. The molecule has 0 rings (SSSR count). The summed E-state index contributed by atoms with van der Waals surface area (Å²) in [5.41, 5.74) is 0. The Morgan fingerprint density at radius 2 is 1.14 bits per heavy atom. The van der Waals surface area contributed by atoms with Gasteiger partial charge in [0.15, 0.2) is 0 Å². The molecule has 0 saturated heterocycles. The molecule has 0 unspecified atom stereocenters. The molecule has 0 aliphatic rings. The van der Waals surface area contributed by atoms with E-state index in [2.05, 4.69) is 18.9 Å². The highest BCUT2D eigenvalue weighted by atomic mass is 17.4. The smallest absolute Gasteiger partial charge is 0.0466 e. The van der Waals surface area contributed by atoms with Crippen LogP contribution in [0.5, 0.6) is 0 Å². The van der Waals surface area contributed by atoms with Gasteiger partial charge in [-0.15, -0.1) is 0 Å². The Morgan fingerprint density at radius 1 is 0.786 bits per heavy atom. The third kappa shape index (κ3) is 22.6. The van der Waals surface area contributed by atoms with Crippen LogP contribution >= 0.6 is 0 Å². The average Bonchev–Trinajstić information content (AvgIpc) is 2.18. The van der Waals surface area contributed by atoms with E-state index in [1.165, 1.54) is 38.5 Å². The molecule has 2 N–H and O–H groups in total. The summed E-state index contributed by atoms with van der Waals surface area (Å²) in [6, 6.07) is 0. The van der Waals surface area contributed by atoms with Crippen molar-refractivity contribution in [1.82, 2.24) is 0 Å². The zero-order chi connectivity index (χ0) is 11.1. The molecule has 4 nitrogen and oxygen atoms in total. The van der Waals surface area contributed by atoms with E-state index in [4.69, 9.17) is 15.3 Å². The van der Waals surface area contributed by atoms with E-state index < -0.39 is 0 Å². The van der Waals surface area contributed by atoms with Crippen LogP contribution < -0.4 is 0 Å². The van der Waals surface area contributed by atoms with Crippen molar-refractivity contribution >= 4 is 0 Å². The lowest BCUT2D eigenvalue weighted by molar-refractivity contribution is -0.465. The second kappa shape index (κ2) is 18.6. The van der Waals surface area contributed by atoms with Gasteiger partial charge >= 0.3 is 0 Å². The highest BCUT2D eigenvalue weighted by Gasteiger charge is 1.88. The number of unbranched alkanes of at least 4 members (excludes halogenated alkanes) is 4. The topological polar surface area (TPSA) is 58.9 Å². The largest absolute Gasteiger partial charge is 0.381 e. The zero-order valence-electron chi connectivity index (χ0n) is 9.37. The molecular formula is C10H24O4. The minimum atomic E-state index is 0.970. The van der Waals surface area contributed by atoms with Gasteiger partial charge in [-0.25, -0.2) is 10.5 Å². The second-order valence-corrected chi connectivity index (χ2v) is 3.11. The Balaban J connectivity index is 0. The van der Waals surface area contributed by atoms with Gasteiger partial charge in [-0.2, -0.15) is 0 Å². The monoisotopic (exact) mass is 208 g/mol. The van der Waals surface area contributed by atoms with Crippen molar-refractivity contribution in [2.45, 2.75) is 52.4 Å². The van der Waals surface area contributed by atoms with Gasteiger partial charge < -0.3 is 4.74 Å². The molecule has 0 radical (unpaired) electrons. The molecule has 0 atom stereocenters. The number of hydrogen-bond donors (Lipinski definition) is 2. The SMILES string of the molecule is CCCCCOCCCCC.OOO. The van der Waals surface area contributed by atoms with Crippen molar-refractivity contribution in [3.63, 3.8) is 0 Å². The van der Waals surface area contributed by atoms with E-state index in [1.54, 1.807) is 0 Å². The highest BCUT2D eigenvalue weighted by molar-refractivity contribution is 4.38. The van der Waals surface area contributed by atoms with Crippen LogP contribution in [-0.2, 0) is 9.78 Å². The summed E-state index contributed by atoms with van der Waals surface area (Å²) in [5, 5.41) is 15.5. The van der Waals surface area contributed by atoms with Gasteiger partial charge in [0.25, 0.3) is 0 Å². The fraction of sp³-hybridized carbons (Fsp3) is 1.00. The Hall–Kier alpha value is -0.160. The van der Waals surface area contributed by atoms with Gasteiger partial charge in [0.1, 0.15) is 0 Å². The van der Waals surface area contributed by atoms with E-state index in [1.807, 2.05) is 0 Å². The van der Waals surface area contributed by atoms with Crippen molar-refractivity contribution in [2.75, 3.05) is 13.2 Å². The van der Waals surface area contributed by atoms with Gasteiger partial charge in [-0.3, -0.25) is 0 Å². The minimum absolute atomic E-state index is 0.970. The molecule has 0 saturated carbocycles. The van der Waals surface area contributed by atoms with E-state index in [-0.39, 0.29) is 0 Å². The highest BCUT2D eigenvalue weighted by Crippen LogP contribution is 1.97. The Labute approximate surface area is 86.7 Å². The summed E-state index contributed by atoms with van der Waals surface area (Å²) in [4.78, 5) is 0. The molecule has 0 aromatic heterocycles. The Kier molecular flexibility index (Phi) is 21.6. The van der Waals surface area contributed by atoms with Crippen molar-refractivity contribution in [2.24, 2.45) is 0 Å². The fourth-order valence-corrected chi connectivity index (χ4v) is 1.01. The molecule has 0 spiro atoms. The van der Waals surface area contributed by atoms with Crippen LogP contribution in [0.4, 0.5) is 0 Å². The summed E-state index contributed by atoms with van der Waals surface area (Å²) in [5.74, 6) is 0. The molecule has 0 aliphatic heterocycles. The predicted molar refractivity (Wildman–Crippen MR) is 56.2 cm³/mol. The van der Waals surface area contributed by atoms with Crippen LogP contribution in [0, 0.1) is 0 Å². The van der Waals surface area contributed by atoms with Crippen LogP contribution in [0.3, 0.4) is 0 Å². The van der Waals surface area contributed by atoms with E-state index in [9.17, 15) is 0 Å². The van der Waals surface area contributed by atoms with Crippen LogP contribution in [0.1, 0.15) is 52.4 Å². The van der Waals surface area contributed by atoms with E-state index in [0.717, 1.165) is 13.2 Å². The fourth-order valence-electron chi connectivity index (χ4n) is 1.01. The third-order valence-electron chi connectivity index (χ3n) is 1.78. The predicted octanol–water partition coefficient (Wildman–Crippen LogP) is 3.33. The summed E-state index contributed by atoms with van der Waals surface area (Å²) in [6.45, 7) is 6.38. The summed E-state index contributed by atoms with van der Waals surface area (Å²) in [6.07, 6.45) is 7.68. The van der Waals surface area contributed by atoms with Crippen molar-refractivity contribution in [3.8, 4) is 0 Å². The molecule has 0 aromatic carbocycles. The van der Waals surface area contributed by atoms with E-state index in [0.29, 0.717) is 0 Å². The molecule has 0 bridgehead atoms. The maximum Gasteiger partial charge on any atom is 0.0466 e. The van der Waals surface area contributed by atoms with Gasteiger partial charge in [0.05, 0.1) is 0 Å². The van der Waals surface area contributed by atoms with Crippen molar-refractivity contribution in [1.29, 1.82) is 0 Å². The number of rotatable bonds is 8. The van der Waals surface area contributed by atoms with Crippen LogP contribution in [0.25, 0.3) is 0 Å². The maximum atomic E-state index is 6.62. The van der Waals surface area contributed by atoms with Crippen LogP contribution in [0.2, 0.25) is 0 Å². The first-order valence-electron chi connectivity index (χ1n) is 5.36. The average molecular weight is 208 g/mol.